The van der Waals surface area contributed by atoms with Crippen molar-refractivity contribution in [3.8, 4) is 11.4 Å². The second-order valence-corrected chi connectivity index (χ2v) is 9.33. The summed E-state index contributed by atoms with van der Waals surface area (Å²) in [5, 5.41) is 12.1. The van der Waals surface area contributed by atoms with Crippen molar-refractivity contribution >= 4 is 16.9 Å². The number of nitrogens with zero attached hydrogens (tertiary/aromatic N) is 2. The first kappa shape index (κ1) is 20.5. The molecule has 2 aliphatic heterocycles. The van der Waals surface area contributed by atoms with E-state index in [4.69, 9.17) is 9.72 Å². The Kier molecular flexibility index (Phi) is 4.34. The number of hydrogen-bond acceptors (Lipinski definition) is 5. The molecule has 0 radical (unpaired) electrons. The van der Waals surface area contributed by atoms with Crippen LogP contribution >= 0.6 is 0 Å². The zero-order valence-electron chi connectivity index (χ0n) is 18.8. The van der Waals surface area contributed by atoms with Crippen molar-refractivity contribution < 1.29 is 19.0 Å². The van der Waals surface area contributed by atoms with Crippen molar-refractivity contribution in [2.24, 2.45) is 0 Å². The number of rotatable bonds is 3. The first-order valence-electron chi connectivity index (χ1n) is 11.7. The lowest BCUT2D eigenvalue weighted by Gasteiger charge is -2.31. The molecule has 0 amide bonds. The minimum Gasteiger partial charge on any atom is -0.458 e. The number of fused-ring (bicyclic) bond motifs is 5. The molecule has 0 spiro atoms. The van der Waals surface area contributed by atoms with E-state index in [0.717, 1.165) is 53.3 Å². The summed E-state index contributed by atoms with van der Waals surface area (Å²) in [7, 11) is 0. The molecule has 7 heteroatoms. The Balaban J connectivity index is 1.65. The summed E-state index contributed by atoms with van der Waals surface area (Å²) in [6.07, 6.45) is 4.29. The number of aryl methyl sites for hydroxylation is 2. The number of ether oxygens (including phenoxy) is 1. The van der Waals surface area contributed by atoms with Gasteiger partial charge in [-0.25, -0.2) is 14.2 Å². The lowest BCUT2D eigenvalue weighted by Crippen LogP contribution is -2.44. The highest BCUT2D eigenvalue weighted by Crippen LogP contribution is 2.43. The quantitative estimate of drug-likeness (QED) is 0.484. The predicted octanol–water partition coefficient (Wildman–Crippen LogP) is 3.66. The first-order chi connectivity index (χ1) is 15.9. The van der Waals surface area contributed by atoms with Crippen LogP contribution in [0, 0.1) is 5.82 Å². The van der Waals surface area contributed by atoms with Gasteiger partial charge in [-0.15, -0.1) is 0 Å². The van der Waals surface area contributed by atoms with Gasteiger partial charge in [0.1, 0.15) is 12.4 Å². The number of aliphatic hydroxyl groups is 1. The molecule has 0 unspecified atom stereocenters. The third kappa shape index (κ3) is 2.60. The van der Waals surface area contributed by atoms with Gasteiger partial charge >= 0.3 is 5.97 Å². The molecule has 2 aromatic heterocycles. The molecule has 1 atom stereocenters. The average Bonchev–Trinajstić information content (AvgIpc) is 3.18. The SMILES string of the molecule is CCCc1c(F)cc2nc3c(c4c2c1CCC4)Cn1c-3cc2c(c1=O)COC(=O)[C@]2(O)CC. The standard InChI is InChI=1S/C26H25FN2O4/c1-3-6-13-14-7-5-8-15-16-11-29-21(23(16)28-20(22(14)15)10-19(13)27)9-18-17(24(29)30)12-33-25(31)26(18,32)4-2/h9-10,32H,3-8,11-12H2,1-2H3/t26-/m0/s1. The Morgan fingerprint density at radius 1 is 1.15 bits per heavy atom. The number of esters is 1. The molecule has 3 aliphatic rings. The van der Waals surface area contributed by atoms with Crippen LogP contribution < -0.4 is 5.56 Å². The number of hydrogen-bond donors (Lipinski definition) is 1. The van der Waals surface area contributed by atoms with Gasteiger partial charge < -0.3 is 14.4 Å². The molecule has 1 aromatic carbocycles. The maximum absolute atomic E-state index is 15.1. The van der Waals surface area contributed by atoms with Gasteiger partial charge in [0.15, 0.2) is 5.60 Å². The zero-order valence-corrected chi connectivity index (χ0v) is 18.8. The van der Waals surface area contributed by atoms with Crippen molar-refractivity contribution in [2.75, 3.05) is 0 Å². The normalized spacial score (nSPS) is 20.4. The summed E-state index contributed by atoms with van der Waals surface area (Å²) in [5.41, 5.74) is 4.29. The third-order valence-corrected chi connectivity index (χ3v) is 7.61. The number of aromatic nitrogens is 2. The molecular weight excluding hydrogens is 423 g/mol. The predicted molar refractivity (Wildman–Crippen MR) is 121 cm³/mol. The summed E-state index contributed by atoms with van der Waals surface area (Å²) in [6, 6.07) is 3.24. The van der Waals surface area contributed by atoms with Crippen LogP contribution in [0.3, 0.4) is 0 Å². The van der Waals surface area contributed by atoms with Crippen LogP contribution in [0.25, 0.3) is 22.3 Å². The first-order valence-corrected chi connectivity index (χ1v) is 11.7. The Hall–Kier alpha value is -3.06. The van der Waals surface area contributed by atoms with Crippen molar-refractivity contribution in [1.82, 2.24) is 9.55 Å². The monoisotopic (exact) mass is 448 g/mol. The van der Waals surface area contributed by atoms with Crippen LogP contribution in [0.4, 0.5) is 4.39 Å². The maximum atomic E-state index is 15.1. The maximum Gasteiger partial charge on any atom is 0.343 e. The molecule has 0 saturated carbocycles. The van der Waals surface area contributed by atoms with Crippen LogP contribution in [0.5, 0.6) is 0 Å². The van der Waals surface area contributed by atoms with E-state index in [9.17, 15) is 14.7 Å². The van der Waals surface area contributed by atoms with Crippen LogP contribution in [-0.4, -0.2) is 20.6 Å². The Morgan fingerprint density at radius 3 is 2.70 bits per heavy atom. The van der Waals surface area contributed by atoms with Crippen molar-refractivity contribution in [1.29, 1.82) is 0 Å². The van der Waals surface area contributed by atoms with E-state index in [2.05, 4.69) is 6.92 Å². The van der Waals surface area contributed by atoms with Crippen molar-refractivity contribution in [2.45, 2.75) is 71.1 Å². The van der Waals surface area contributed by atoms with Crippen LogP contribution in [-0.2, 0) is 47.5 Å². The topological polar surface area (TPSA) is 81.4 Å². The van der Waals surface area contributed by atoms with E-state index in [0.29, 0.717) is 41.0 Å². The highest BCUT2D eigenvalue weighted by molar-refractivity contribution is 5.92. The molecule has 1 aliphatic carbocycles. The van der Waals surface area contributed by atoms with Gasteiger partial charge in [0.25, 0.3) is 5.56 Å². The zero-order chi connectivity index (χ0) is 23.1. The lowest BCUT2D eigenvalue weighted by molar-refractivity contribution is -0.172. The smallest absolute Gasteiger partial charge is 0.343 e. The summed E-state index contributed by atoms with van der Waals surface area (Å²) in [4.78, 5) is 30.6. The number of cyclic esters (lactones) is 1. The molecule has 6 nitrogen and oxygen atoms in total. The summed E-state index contributed by atoms with van der Waals surface area (Å²) < 4.78 is 21.9. The van der Waals surface area contributed by atoms with E-state index < -0.39 is 11.6 Å². The Labute approximate surface area is 190 Å². The van der Waals surface area contributed by atoms with Crippen LogP contribution in [0.2, 0.25) is 0 Å². The Bertz CT molecular complexity index is 1440. The van der Waals surface area contributed by atoms with Gasteiger partial charge in [0, 0.05) is 22.6 Å². The minimum atomic E-state index is -1.86. The van der Waals surface area contributed by atoms with Gasteiger partial charge in [0.05, 0.1) is 29.0 Å². The minimum absolute atomic E-state index is 0.0970. The van der Waals surface area contributed by atoms with E-state index in [1.807, 2.05) is 0 Å². The number of benzene rings is 1. The molecule has 1 N–H and O–H groups in total. The number of carbonyl (C=O) groups excluding carboxylic acids is 1. The fourth-order valence-electron chi connectivity index (χ4n) is 5.94. The van der Waals surface area contributed by atoms with Gasteiger partial charge in [-0.3, -0.25) is 4.79 Å². The molecule has 6 rings (SSSR count). The van der Waals surface area contributed by atoms with Crippen molar-refractivity contribution in [3.05, 3.63) is 61.7 Å². The lowest BCUT2D eigenvalue weighted by atomic mass is 9.83. The summed E-state index contributed by atoms with van der Waals surface area (Å²) in [5.74, 6) is -0.958. The number of halogens is 1. The van der Waals surface area contributed by atoms with E-state index in [-0.39, 0.29) is 24.4 Å². The molecule has 3 aromatic rings. The number of pyridine rings is 2. The molecule has 0 fully saturated rings. The number of carbonyl (C=O) groups is 1. The van der Waals surface area contributed by atoms with Gasteiger partial charge in [-0.1, -0.05) is 20.3 Å². The van der Waals surface area contributed by atoms with E-state index in [1.54, 1.807) is 17.6 Å². The van der Waals surface area contributed by atoms with E-state index >= 15 is 4.39 Å². The molecule has 0 saturated heterocycles. The van der Waals surface area contributed by atoms with Crippen molar-refractivity contribution in [3.63, 3.8) is 0 Å². The fraction of sp³-hybridized carbons (Fsp3) is 0.423. The van der Waals surface area contributed by atoms with Gasteiger partial charge in [-0.2, -0.15) is 0 Å². The molecular formula is C26H25FN2O4. The summed E-state index contributed by atoms with van der Waals surface area (Å²) in [6.45, 7) is 3.97. The Morgan fingerprint density at radius 2 is 1.94 bits per heavy atom. The highest BCUT2D eigenvalue weighted by atomic mass is 19.1. The molecule has 33 heavy (non-hydrogen) atoms. The van der Waals surface area contributed by atoms with Gasteiger partial charge in [0.2, 0.25) is 0 Å². The fourth-order valence-corrected chi connectivity index (χ4v) is 5.94. The van der Waals surface area contributed by atoms with Crippen LogP contribution in [0.1, 0.15) is 66.5 Å². The third-order valence-electron chi connectivity index (χ3n) is 7.61. The molecule has 0 bridgehead atoms. The summed E-state index contributed by atoms with van der Waals surface area (Å²) >= 11 is 0. The largest absolute Gasteiger partial charge is 0.458 e. The van der Waals surface area contributed by atoms with Crippen LogP contribution in [0.15, 0.2) is 16.9 Å². The highest BCUT2D eigenvalue weighted by Gasteiger charge is 2.45. The second-order valence-electron chi connectivity index (χ2n) is 9.33. The average molecular weight is 448 g/mol. The molecule has 170 valence electrons. The van der Waals surface area contributed by atoms with E-state index in [1.165, 1.54) is 6.07 Å². The second kappa shape index (κ2) is 6.97. The van der Waals surface area contributed by atoms with Gasteiger partial charge in [-0.05, 0) is 54.9 Å². The molecule has 4 heterocycles.